The van der Waals surface area contributed by atoms with Crippen molar-refractivity contribution in [3.8, 4) is 0 Å². The van der Waals surface area contributed by atoms with Gasteiger partial charge in [0.1, 0.15) is 0 Å². The Hall–Kier alpha value is -0.900. The Morgan fingerprint density at radius 3 is 2.50 bits per heavy atom. The molecule has 2 atom stereocenters. The van der Waals surface area contributed by atoms with Crippen LogP contribution in [-0.2, 0) is 4.74 Å². The summed E-state index contributed by atoms with van der Waals surface area (Å²) in [7, 11) is 1.76. The van der Waals surface area contributed by atoms with E-state index in [-0.39, 0.29) is 6.04 Å². The van der Waals surface area contributed by atoms with E-state index < -0.39 is 0 Å². The lowest BCUT2D eigenvalue weighted by atomic mass is 10.0. The van der Waals surface area contributed by atoms with Crippen LogP contribution in [0.1, 0.15) is 44.7 Å². The molecule has 1 rings (SSSR count). The van der Waals surface area contributed by atoms with E-state index in [2.05, 4.69) is 43.0 Å². The zero-order valence-corrected chi connectivity index (χ0v) is 13.2. The Kier molecular flexibility index (Phi) is 8.51. The van der Waals surface area contributed by atoms with Crippen LogP contribution < -0.4 is 5.73 Å². The van der Waals surface area contributed by atoms with Crippen LogP contribution in [0, 0.1) is 0 Å². The van der Waals surface area contributed by atoms with Gasteiger partial charge in [-0.3, -0.25) is 4.90 Å². The van der Waals surface area contributed by atoms with Crippen LogP contribution in [0.5, 0.6) is 0 Å². The zero-order valence-electron chi connectivity index (χ0n) is 13.2. The molecule has 1 aromatic rings. The van der Waals surface area contributed by atoms with Gasteiger partial charge in [0.2, 0.25) is 0 Å². The molecule has 2 N–H and O–H groups in total. The Bertz CT molecular complexity index is 342. The average molecular weight is 278 g/mol. The van der Waals surface area contributed by atoms with Gasteiger partial charge >= 0.3 is 0 Å². The Morgan fingerprint density at radius 1 is 1.20 bits per heavy atom. The zero-order chi connectivity index (χ0) is 14.8. The molecular formula is C17H30N2O. The maximum absolute atomic E-state index is 6.25. The van der Waals surface area contributed by atoms with Gasteiger partial charge in [-0.15, -0.1) is 0 Å². The molecule has 3 heteroatoms. The molecule has 0 fully saturated rings. The fourth-order valence-electron chi connectivity index (χ4n) is 2.40. The number of ether oxygens (including phenoxy) is 1. The molecule has 0 aliphatic heterocycles. The number of nitrogens with two attached hydrogens (primary N) is 1. The quantitative estimate of drug-likeness (QED) is 0.714. The molecular weight excluding hydrogens is 248 g/mol. The first kappa shape index (κ1) is 17.2. The maximum atomic E-state index is 6.25. The van der Waals surface area contributed by atoms with E-state index in [0.29, 0.717) is 6.04 Å². The summed E-state index contributed by atoms with van der Waals surface area (Å²) in [5, 5.41) is 0. The van der Waals surface area contributed by atoms with Crippen molar-refractivity contribution in [2.75, 3.05) is 26.8 Å². The van der Waals surface area contributed by atoms with Crippen molar-refractivity contribution in [3.63, 3.8) is 0 Å². The summed E-state index contributed by atoms with van der Waals surface area (Å²) in [6, 6.07) is 11.1. The SMILES string of the molecule is CCC(C)N(CCCC(N)c1ccccc1)CCOC. The van der Waals surface area contributed by atoms with Gasteiger partial charge in [-0.05, 0) is 38.3 Å². The summed E-state index contributed by atoms with van der Waals surface area (Å²) in [6.07, 6.45) is 3.34. The number of benzene rings is 1. The van der Waals surface area contributed by atoms with Gasteiger partial charge in [0, 0.05) is 25.7 Å². The summed E-state index contributed by atoms with van der Waals surface area (Å²) in [5.41, 5.74) is 7.48. The molecule has 0 heterocycles. The second-order valence-electron chi connectivity index (χ2n) is 5.45. The van der Waals surface area contributed by atoms with Crippen LogP contribution in [0.3, 0.4) is 0 Å². The molecule has 114 valence electrons. The molecule has 0 saturated heterocycles. The lowest BCUT2D eigenvalue weighted by Crippen LogP contribution is -2.36. The molecule has 0 spiro atoms. The van der Waals surface area contributed by atoms with Gasteiger partial charge in [-0.1, -0.05) is 37.3 Å². The van der Waals surface area contributed by atoms with Crippen molar-refractivity contribution in [1.29, 1.82) is 0 Å². The monoisotopic (exact) mass is 278 g/mol. The molecule has 0 bridgehead atoms. The first-order chi connectivity index (χ1) is 9.69. The van der Waals surface area contributed by atoms with Gasteiger partial charge in [0.05, 0.1) is 6.61 Å². The standard InChI is InChI=1S/C17H30N2O/c1-4-15(2)19(13-14-20-3)12-8-11-17(18)16-9-6-5-7-10-16/h5-7,9-10,15,17H,4,8,11-14,18H2,1-3H3. The lowest BCUT2D eigenvalue weighted by Gasteiger charge is -2.28. The molecule has 0 amide bonds. The second kappa shape index (κ2) is 9.92. The van der Waals surface area contributed by atoms with Crippen molar-refractivity contribution in [1.82, 2.24) is 4.90 Å². The highest BCUT2D eigenvalue weighted by molar-refractivity contribution is 5.18. The van der Waals surface area contributed by atoms with E-state index >= 15 is 0 Å². The summed E-state index contributed by atoms with van der Waals surface area (Å²) in [4.78, 5) is 2.50. The van der Waals surface area contributed by atoms with Gasteiger partial charge in [-0.2, -0.15) is 0 Å². The molecule has 3 nitrogen and oxygen atoms in total. The van der Waals surface area contributed by atoms with Crippen LogP contribution in [0.2, 0.25) is 0 Å². The third-order valence-corrected chi connectivity index (χ3v) is 3.98. The van der Waals surface area contributed by atoms with Crippen molar-refractivity contribution < 1.29 is 4.74 Å². The van der Waals surface area contributed by atoms with Crippen LogP contribution in [0.4, 0.5) is 0 Å². The number of hydrogen-bond donors (Lipinski definition) is 1. The minimum absolute atomic E-state index is 0.150. The molecule has 0 aliphatic rings. The van der Waals surface area contributed by atoms with Crippen LogP contribution in [-0.4, -0.2) is 37.7 Å². The van der Waals surface area contributed by atoms with Crippen LogP contribution in [0.15, 0.2) is 30.3 Å². The molecule has 20 heavy (non-hydrogen) atoms. The van der Waals surface area contributed by atoms with E-state index in [1.54, 1.807) is 7.11 Å². The van der Waals surface area contributed by atoms with E-state index in [4.69, 9.17) is 10.5 Å². The Labute approximate surface area is 124 Å². The topological polar surface area (TPSA) is 38.5 Å². The highest BCUT2D eigenvalue weighted by Gasteiger charge is 2.12. The van der Waals surface area contributed by atoms with Crippen LogP contribution >= 0.6 is 0 Å². The molecule has 0 radical (unpaired) electrons. The average Bonchev–Trinajstić information content (AvgIpc) is 2.50. The highest BCUT2D eigenvalue weighted by Crippen LogP contribution is 2.16. The second-order valence-corrected chi connectivity index (χ2v) is 5.45. The lowest BCUT2D eigenvalue weighted by molar-refractivity contribution is 0.121. The van der Waals surface area contributed by atoms with Gasteiger partial charge in [-0.25, -0.2) is 0 Å². The summed E-state index contributed by atoms with van der Waals surface area (Å²) in [6.45, 7) is 7.42. The first-order valence-corrected chi connectivity index (χ1v) is 7.72. The van der Waals surface area contributed by atoms with Gasteiger partial charge in [0.15, 0.2) is 0 Å². The van der Waals surface area contributed by atoms with E-state index in [1.165, 1.54) is 12.0 Å². The predicted molar refractivity (Wildman–Crippen MR) is 85.8 cm³/mol. The molecule has 2 unspecified atom stereocenters. The van der Waals surface area contributed by atoms with Crippen molar-refractivity contribution in [2.24, 2.45) is 5.73 Å². The summed E-state index contributed by atoms with van der Waals surface area (Å²) < 4.78 is 5.20. The third-order valence-electron chi connectivity index (χ3n) is 3.98. The fraction of sp³-hybridized carbons (Fsp3) is 0.647. The van der Waals surface area contributed by atoms with Crippen molar-refractivity contribution >= 4 is 0 Å². The Balaban J connectivity index is 2.36. The highest BCUT2D eigenvalue weighted by atomic mass is 16.5. The summed E-state index contributed by atoms with van der Waals surface area (Å²) >= 11 is 0. The minimum Gasteiger partial charge on any atom is -0.383 e. The van der Waals surface area contributed by atoms with Crippen molar-refractivity contribution in [3.05, 3.63) is 35.9 Å². The number of nitrogens with zero attached hydrogens (tertiary/aromatic N) is 1. The predicted octanol–water partition coefficient (Wildman–Crippen LogP) is 3.21. The molecule has 1 aromatic carbocycles. The van der Waals surface area contributed by atoms with E-state index in [9.17, 15) is 0 Å². The number of rotatable bonds is 10. The van der Waals surface area contributed by atoms with E-state index in [1.807, 2.05) is 6.07 Å². The smallest absolute Gasteiger partial charge is 0.0589 e. The third kappa shape index (κ3) is 6.04. The largest absolute Gasteiger partial charge is 0.383 e. The normalized spacial score (nSPS) is 14.4. The number of methoxy groups -OCH3 is 1. The Morgan fingerprint density at radius 2 is 1.90 bits per heavy atom. The van der Waals surface area contributed by atoms with Gasteiger partial charge in [0.25, 0.3) is 0 Å². The number of hydrogen-bond acceptors (Lipinski definition) is 3. The molecule has 0 aliphatic carbocycles. The summed E-state index contributed by atoms with van der Waals surface area (Å²) in [5.74, 6) is 0. The fourth-order valence-corrected chi connectivity index (χ4v) is 2.40. The minimum atomic E-state index is 0.150. The van der Waals surface area contributed by atoms with Gasteiger partial charge < -0.3 is 10.5 Å². The van der Waals surface area contributed by atoms with Crippen molar-refractivity contribution in [2.45, 2.75) is 45.2 Å². The first-order valence-electron chi connectivity index (χ1n) is 7.72. The van der Waals surface area contributed by atoms with E-state index in [0.717, 1.165) is 32.5 Å². The molecule has 0 aromatic heterocycles. The maximum Gasteiger partial charge on any atom is 0.0589 e. The van der Waals surface area contributed by atoms with Crippen LogP contribution in [0.25, 0.3) is 0 Å². The molecule has 0 saturated carbocycles.